The minimum absolute atomic E-state index is 0.0747. The Balaban J connectivity index is 2.06. The van der Waals surface area contributed by atoms with Gasteiger partial charge in [-0.05, 0) is 24.6 Å². The molecule has 0 N–H and O–H groups in total. The first kappa shape index (κ1) is 15.1. The van der Waals surface area contributed by atoms with Gasteiger partial charge >= 0.3 is 6.18 Å². The molecule has 0 saturated heterocycles. The number of hydrogen-bond acceptors (Lipinski definition) is 3. The molecule has 1 aromatic heterocycles. The Morgan fingerprint density at radius 3 is 2.67 bits per heavy atom. The van der Waals surface area contributed by atoms with Crippen LogP contribution >= 0.6 is 0 Å². The number of aryl methyl sites for hydroxylation is 1. The summed E-state index contributed by atoms with van der Waals surface area (Å²) in [4.78, 5) is 11.6. The lowest BCUT2D eigenvalue weighted by atomic mass is 10.2. The first-order valence-electron chi connectivity index (χ1n) is 6.21. The number of halogens is 3. The first-order valence-corrected chi connectivity index (χ1v) is 6.21. The van der Waals surface area contributed by atoms with Crippen LogP contribution in [0, 0.1) is 6.92 Å². The Morgan fingerprint density at radius 2 is 2.00 bits per heavy atom. The minimum atomic E-state index is -4.48. The van der Waals surface area contributed by atoms with E-state index in [0.29, 0.717) is 0 Å². The smallest absolute Gasteiger partial charge is 0.419 e. The van der Waals surface area contributed by atoms with Crippen LogP contribution < -0.4 is 10.3 Å². The number of para-hydroxylation sites is 1. The van der Waals surface area contributed by atoms with E-state index in [-0.39, 0.29) is 24.5 Å². The Kier molecular flexibility index (Phi) is 4.30. The van der Waals surface area contributed by atoms with Gasteiger partial charge in [0.15, 0.2) is 0 Å². The molecule has 0 aliphatic carbocycles. The Labute approximate surface area is 118 Å². The molecule has 0 aliphatic heterocycles. The third-order valence-electron chi connectivity index (χ3n) is 2.76. The largest absolute Gasteiger partial charge is 0.491 e. The fraction of sp³-hybridized carbons (Fsp3) is 0.286. The fourth-order valence-electron chi connectivity index (χ4n) is 1.76. The van der Waals surface area contributed by atoms with Gasteiger partial charge in [-0.3, -0.25) is 4.79 Å². The number of nitrogens with zero attached hydrogens (tertiary/aromatic N) is 2. The maximum Gasteiger partial charge on any atom is 0.419 e. The van der Waals surface area contributed by atoms with Gasteiger partial charge in [0.1, 0.15) is 12.4 Å². The van der Waals surface area contributed by atoms with Crippen molar-refractivity contribution in [2.75, 3.05) is 6.61 Å². The van der Waals surface area contributed by atoms with Crippen molar-refractivity contribution in [1.29, 1.82) is 0 Å². The van der Waals surface area contributed by atoms with Crippen molar-refractivity contribution < 1.29 is 17.9 Å². The van der Waals surface area contributed by atoms with Crippen LogP contribution in [0.4, 0.5) is 13.2 Å². The van der Waals surface area contributed by atoms with E-state index in [9.17, 15) is 18.0 Å². The van der Waals surface area contributed by atoms with Crippen LogP contribution in [-0.4, -0.2) is 16.4 Å². The molecule has 1 aromatic carbocycles. The number of rotatable bonds is 4. The van der Waals surface area contributed by atoms with Gasteiger partial charge < -0.3 is 4.74 Å². The molecule has 2 aromatic rings. The average molecular weight is 298 g/mol. The van der Waals surface area contributed by atoms with Crippen LogP contribution in [0.15, 0.2) is 41.3 Å². The van der Waals surface area contributed by atoms with Gasteiger partial charge in [-0.25, -0.2) is 4.68 Å². The van der Waals surface area contributed by atoms with Crippen LogP contribution in [0.25, 0.3) is 0 Å². The van der Waals surface area contributed by atoms with Crippen LogP contribution in [0.1, 0.15) is 11.1 Å². The average Bonchev–Trinajstić information content (AvgIpc) is 2.41. The summed E-state index contributed by atoms with van der Waals surface area (Å²) in [7, 11) is 0. The number of ether oxygens (including phenoxy) is 1. The molecular formula is C14H13F3N2O2. The van der Waals surface area contributed by atoms with Gasteiger partial charge in [-0.15, -0.1) is 0 Å². The van der Waals surface area contributed by atoms with Crippen LogP contribution in [-0.2, 0) is 12.7 Å². The standard InChI is InChI=1S/C14H13F3N2O2/c1-10-8-13(20)19(18-9-10)6-7-21-12-5-3-2-4-11(12)14(15,16)17/h2-5,8-9H,6-7H2,1H3. The Morgan fingerprint density at radius 1 is 1.29 bits per heavy atom. The molecule has 0 radical (unpaired) electrons. The van der Waals surface area contributed by atoms with E-state index in [1.54, 1.807) is 6.92 Å². The maximum absolute atomic E-state index is 12.8. The fourth-order valence-corrected chi connectivity index (χ4v) is 1.76. The molecule has 7 heteroatoms. The first-order chi connectivity index (χ1) is 9.88. The molecule has 2 rings (SSSR count). The van der Waals surface area contributed by atoms with Gasteiger partial charge in [0.05, 0.1) is 18.3 Å². The van der Waals surface area contributed by atoms with E-state index < -0.39 is 11.7 Å². The highest BCUT2D eigenvalue weighted by Gasteiger charge is 2.33. The minimum Gasteiger partial charge on any atom is -0.491 e. The van der Waals surface area contributed by atoms with Crippen molar-refractivity contribution in [2.45, 2.75) is 19.6 Å². The molecule has 0 fully saturated rings. The predicted octanol–water partition coefficient (Wildman–Crippen LogP) is 2.65. The lowest BCUT2D eigenvalue weighted by molar-refractivity contribution is -0.139. The molecule has 0 bridgehead atoms. The van der Waals surface area contributed by atoms with Gasteiger partial charge in [0, 0.05) is 6.07 Å². The molecule has 1 heterocycles. The second kappa shape index (κ2) is 5.99. The number of alkyl halides is 3. The summed E-state index contributed by atoms with van der Waals surface area (Å²) in [5, 5.41) is 3.88. The third kappa shape index (κ3) is 3.84. The summed E-state index contributed by atoms with van der Waals surface area (Å²) in [6, 6.07) is 6.35. The highest BCUT2D eigenvalue weighted by molar-refractivity contribution is 5.35. The summed E-state index contributed by atoms with van der Waals surface area (Å²) >= 11 is 0. The molecule has 0 saturated carbocycles. The van der Waals surface area contributed by atoms with Gasteiger partial charge in [0.25, 0.3) is 5.56 Å². The zero-order valence-electron chi connectivity index (χ0n) is 11.2. The van der Waals surface area contributed by atoms with E-state index in [2.05, 4.69) is 5.10 Å². The zero-order valence-corrected chi connectivity index (χ0v) is 11.2. The number of hydrogen-bond donors (Lipinski definition) is 0. The van der Waals surface area contributed by atoms with E-state index in [1.165, 1.54) is 30.5 Å². The van der Waals surface area contributed by atoms with E-state index in [0.717, 1.165) is 16.3 Å². The summed E-state index contributed by atoms with van der Waals surface area (Å²) in [5.74, 6) is -0.259. The highest BCUT2D eigenvalue weighted by atomic mass is 19.4. The van der Waals surface area contributed by atoms with Crippen molar-refractivity contribution >= 4 is 0 Å². The van der Waals surface area contributed by atoms with E-state index in [4.69, 9.17) is 4.74 Å². The lowest BCUT2D eigenvalue weighted by Gasteiger charge is -2.13. The van der Waals surface area contributed by atoms with Crippen LogP contribution in [0.3, 0.4) is 0 Å². The summed E-state index contributed by atoms with van der Waals surface area (Å²) < 4.78 is 44.6. The molecule has 0 spiro atoms. The van der Waals surface area contributed by atoms with Crippen LogP contribution in [0.5, 0.6) is 5.75 Å². The van der Waals surface area contributed by atoms with Gasteiger partial charge in [-0.1, -0.05) is 12.1 Å². The SMILES string of the molecule is Cc1cnn(CCOc2ccccc2C(F)(F)F)c(=O)c1. The quantitative estimate of drug-likeness (QED) is 0.871. The topological polar surface area (TPSA) is 44.1 Å². The van der Waals surface area contributed by atoms with E-state index >= 15 is 0 Å². The van der Waals surface area contributed by atoms with Crippen molar-refractivity contribution in [3.05, 3.63) is 58.0 Å². The Bertz CT molecular complexity index is 680. The molecular weight excluding hydrogens is 285 g/mol. The highest BCUT2D eigenvalue weighted by Crippen LogP contribution is 2.35. The normalized spacial score (nSPS) is 11.4. The maximum atomic E-state index is 12.8. The van der Waals surface area contributed by atoms with Gasteiger partial charge in [-0.2, -0.15) is 18.3 Å². The van der Waals surface area contributed by atoms with Crippen molar-refractivity contribution in [3.63, 3.8) is 0 Å². The molecule has 21 heavy (non-hydrogen) atoms. The molecule has 4 nitrogen and oxygen atoms in total. The predicted molar refractivity (Wildman–Crippen MR) is 70.2 cm³/mol. The second-order valence-electron chi connectivity index (χ2n) is 4.44. The van der Waals surface area contributed by atoms with Crippen molar-refractivity contribution in [3.8, 4) is 5.75 Å². The zero-order chi connectivity index (χ0) is 15.5. The lowest BCUT2D eigenvalue weighted by Crippen LogP contribution is -2.25. The molecule has 0 atom stereocenters. The third-order valence-corrected chi connectivity index (χ3v) is 2.76. The molecule has 0 amide bonds. The molecule has 112 valence electrons. The van der Waals surface area contributed by atoms with Gasteiger partial charge in [0.2, 0.25) is 0 Å². The summed E-state index contributed by atoms with van der Waals surface area (Å²) in [5.41, 5.74) is -0.434. The molecule has 0 unspecified atom stereocenters. The van der Waals surface area contributed by atoms with Crippen molar-refractivity contribution in [2.24, 2.45) is 0 Å². The van der Waals surface area contributed by atoms with Crippen molar-refractivity contribution in [1.82, 2.24) is 9.78 Å². The second-order valence-corrected chi connectivity index (χ2v) is 4.44. The summed E-state index contributed by atoms with van der Waals surface area (Å²) in [6.45, 7) is 1.73. The monoisotopic (exact) mass is 298 g/mol. The molecule has 0 aliphatic rings. The number of benzene rings is 1. The van der Waals surface area contributed by atoms with E-state index in [1.807, 2.05) is 0 Å². The number of aromatic nitrogens is 2. The summed E-state index contributed by atoms with van der Waals surface area (Å²) in [6.07, 6.45) is -2.97. The Hall–Kier alpha value is -2.31. The van der Waals surface area contributed by atoms with Crippen LogP contribution in [0.2, 0.25) is 0 Å².